The lowest BCUT2D eigenvalue weighted by Gasteiger charge is -2.25. The molecule has 1 aliphatic heterocycles. The Labute approximate surface area is 132 Å². The molecule has 0 aliphatic carbocycles. The van der Waals surface area contributed by atoms with Crippen LogP contribution in [0, 0.1) is 11.6 Å². The Kier molecular flexibility index (Phi) is 4.38. The number of aliphatic hydroxyl groups is 1. The van der Waals surface area contributed by atoms with Crippen molar-refractivity contribution in [2.45, 2.75) is 25.5 Å². The summed E-state index contributed by atoms with van der Waals surface area (Å²) in [6.07, 6.45) is 1.23. The number of anilines is 1. The predicted octanol–water partition coefficient (Wildman–Crippen LogP) is 2.47. The molecule has 5 nitrogen and oxygen atoms in total. The Morgan fingerprint density at radius 3 is 2.83 bits per heavy atom. The Morgan fingerprint density at radius 2 is 2.09 bits per heavy atom. The highest BCUT2D eigenvalue weighted by Crippen LogP contribution is 2.36. The van der Waals surface area contributed by atoms with Crippen LogP contribution in [0.5, 0.6) is 5.88 Å². The lowest BCUT2D eigenvalue weighted by molar-refractivity contribution is 0.194. The molecule has 2 heterocycles. The highest BCUT2D eigenvalue weighted by atomic mass is 19.2. The van der Waals surface area contributed by atoms with Crippen LogP contribution in [0.15, 0.2) is 30.6 Å². The van der Waals surface area contributed by atoms with E-state index in [1.807, 2.05) is 11.8 Å². The van der Waals surface area contributed by atoms with Crippen LogP contribution < -0.4 is 9.64 Å². The van der Waals surface area contributed by atoms with E-state index in [0.29, 0.717) is 36.8 Å². The minimum atomic E-state index is -0.901. The first-order chi connectivity index (χ1) is 11.1. The normalized spacial score (nSPS) is 20.8. The largest absolute Gasteiger partial charge is 0.478 e. The highest BCUT2D eigenvalue weighted by Gasteiger charge is 2.33. The van der Waals surface area contributed by atoms with Crippen molar-refractivity contribution in [2.75, 3.05) is 18.1 Å². The van der Waals surface area contributed by atoms with Crippen LogP contribution in [0.2, 0.25) is 0 Å². The number of β-amino-alcohol motifs (C(OH)–C–C–N with tert-alkyl or cyclic N) is 1. The Balaban J connectivity index is 1.93. The summed E-state index contributed by atoms with van der Waals surface area (Å²) >= 11 is 0. The molecule has 1 aromatic carbocycles. The van der Waals surface area contributed by atoms with Gasteiger partial charge in [-0.2, -0.15) is 0 Å². The summed E-state index contributed by atoms with van der Waals surface area (Å²) in [7, 11) is 0. The third-order valence-corrected chi connectivity index (χ3v) is 3.82. The van der Waals surface area contributed by atoms with Crippen molar-refractivity contribution in [1.82, 2.24) is 9.97 Å². The van der Waals surface area contributed by atoms with Gasteiger partial charge in [-0.05, 0) is 31.0 Å². The van der Waals surface area contributed by atoms with E-state index in [0.717, 1.165) is 12.1 Å². The average Bonchev–Trinajstić information content (AvgIpc) is 2.93. The van der Waals surface area contributed by atoms with Crippen LogP contribution in [0.1, 0.15) is 24.9 Å². The minimum absolute atomic E-state index is 0.288. The first-order valence-electron chi connectivity index (χ1n) is 7.43. The van der Waals surface area contributed by atoms with Gasteiger partial charge in [0.25, 0.3) is 0 Å². The molecule has 0 spiro atoms. The van der Waals surface area contributed by atoms with Gasteiger partial charge in [-0.3, -0.25) is 0 Å². The maximum Gasteiger partial charge on any atom is 0.218 e. The summed E-state index contributed by atoms with van der Waals surface area (Å²) < 4.78 is 32.0. The molecule has 2 atom stereocenters. The molecule has 3 rings (SSSR count). The lowest BCUT2D eigenvalue weighted by atomic mass is 10.0. The minimum Gasteiger partial charge on any atom is -0.478 e. The van der Waals surface area contributed by atoms with Crippen molar-refractivity contribution in [3.05, 3.63) is 47.8 Å². The van der Waals surface area contributed by atoms with Gasteiger partial charge in [-0.1, -0.05) is 6.07 Å². The Hall–Kier alpha value is -2.28. The van der Waals surface area contributed by atoms with Crippen molar-refractivity contribution in [3.63, 3.8) is 0 Å². The van der Waals surface area contributed by atoms with Crippen LogP contribution in [-0.4, -0.2) is 34.3 Å². The fourth-order valence-electron chi connectivity index (χ4n) is 2.82. The molecule has 1 saturated heterocycles. The van der Waals surface area contributed by atoms with E-state index in [9.17, 15) is 13.9 Å². The third-order valence-electron chi connectivity index (χ3n) is 3.82. The quantitative estimate of drug-likeness (QED) is 0.937. The summed E-state index contributed by atoms with van der Waals surface area (Å²) in [4.78, 5) is 10.1. The second-order valence-electron chi connectivity index (χ2n) is 5.38. The van der Waals surface area contributed by atoms with Crippen molar-refractivity contribution in [1.29, 1.82) is 0 Å². The lowest BCUT2D eigenvalue weighted by Crippen LogP contribution is -2.25. The van der Waals surface area contributed by atoms with Crippen LogP contribution >= 0.6 is 0 Å². The topological polar surface area (TPSA) is 58.5 Å². The molecule has 7 heteroatoms. The van der Waals surface area contributed by atoms with Crippen LogP contribution in [0.25, 0.3) is 0 Å². The number of hydrogen-bond acceptors (Lipinski definition) is 5. The number of aromatic nitrogens is 2. The number of ether oxygens (including phenoxy) is 1. The van der Waals surface area contributed by atoms with E-state index in [1.165, 1.54) is 12.4 Å². The molecule has 23 heavy (non-hydrogen) atoms. The fourth-order valence-corrected chi connectivity index (χ4v) is 2.82. The molecule has 0 bridgehead atoms. The van der Waals surface area contributed by atoms with E-state index < -0.39 is 17.7 Å². The standard InChI is InChI=1S/C16H17F2N3O2/c1-2-23-16-7-15(19-9-20-16)21-8-11(22)6-14(21)10-3-4-12(17)13(18)5-10/h3-5,7,9,11,14,22H,2,6,8H2,1H3/t11-,14+/m0/s1. The SMILES string of the molecule is CCOc1cc(N2C[C@@H](O)C[C@@H]2c2ccc(F)c(F)c2)ncn1. The van der Waals surface area contributed by atoms with Crippen molar-refractivity contribution in [2.24, 2.45) is 0 Å². The van der Waals surface area contributed by atoms with Gasteiger partial charge < -0.3 is 14.7 Å². The fraction of sp³-hybridized carbons (Fsp3) is 0.375. The number of benzene rings is 1. The molecule has 0 unspecified atom stereocenters. The third kappa shape index (κ3) is 3.24. The molecule has 1 fully saturated rings. The molecule has 122 valence electrons. The van der Waals surface area contributed by atoms with Crippen molar-refractivity contribution < 1.29 is 18.6 Å². The maximum atomic E-state index is 13.5. The van der Waals surface area contributed by atoms with Gasteiger partial charge in [0.2, 0.25) is 5.88 Å². The van der Waals surface area contributed by atoms with E-state index in [-0.39, 0.29) is 6.04 Å². The van der Waals surface area contributed by atoms with Gasteiger partial charge in [0.1, 0.15) is 12.1 Å². The van der Waals surface area contributed by atoms with E-state index >= 15 is 0 Å². The van der Waals surface area contributed by atoms with Gasteiger partial charge in [-0.25, -0.2) is 18.7 Å². The summed E-state index contributed by atoms with van der Waals surface area (Å²) in [5.74, 6) is -0.779. The Bertz CT molecular complexity index is 699. The zero-order chi connectivity index (χ0) is 16.4. The van der Waals surface area contributed by atoms with Crippen LogP contribution in [0.4, 0.5) is 14.6 Å². The molecule has 1 aromatic heterocycles. The average molecular weight is 321 g/mol. The number of nitrogens with zero attached hydrogens (tertiary/aromatic N) is 3. The van der Waals surface area contributed by atoms with E-state index in [4.69, 9.17) is 4.74 Å². The van der Waals surface area contributed by atoms with Gasteiger partial charge >= 0.3 is 0 Å². The smallest absolute Gasteiger partial charge is 0.218 e. The van der Waals surface area contributed by atoms with Crippen molar-refractivity contribution >= 4 is 5.82 Å². The summed E-state index contributed by atoms with van der Waals surface area (Å²) in [6.45, 7) is 2.68. The van der Waals surface area contributed by atoms with E-state index in [1.54, 1.807) is 6.07 Å². The van der Waals surface area contributed by atoms with Gasteiger partial charge in [0.05, 0.1) is 18.8 Å². The molecule has 1 N–H and O–H groups in total. The molecular weight excluding hydrogens is 304 g/mol. The number of halogens is 2. The molecule has 1 aliphatic rings. The van der Waals surface area contributed by atoms with Gasteiger partial charge in [0, 0.05) is 12.6 Å². The summed E-state index contributed by atoms with van der Waals surface area (Å²) in [6, 6.07) is 5.17. The molecule has 0 amide bonds. The molecule has 2 aromatic rings. The van der Waals surface area contributed by atoms with Crippen LogP contribution in [0.3, 0.4) is 0 Å². The number of aliphatic hydroxyl groups excluding tert-OH is 1. The Morgan fingerprint density at radius 1 is 1.26 bits per heavy atom. The second-order valence-corrected chi connectivity index (χ2v) is 5.38. The van der Waals surface area contributed by atoms with Crippen molar-refractivity contribution in [3.8, 4) is 5.88 Å². The maximum absolute atomic E-state index is 13.5. The monoisotopic (exact) mass is 321 g/mol. The number of hydrogen-bond donors (Lipinski definition) is 1. The second kappa shape index (κ2) is 6.45. The molecular formula is C16H17F2N3O2. The van der Waals surface area contributed by atoms with Gasteiger partial charge in [-0.15, -0.1) is 0 Å². The summed E-state index contributed by atoms with van der Waals surface area (Å²) in [5, 5.41) is 10.0. The first-order valence-corrected chi connectivity index (χ1v) is 7.43. The molecule has 0 saturated carbocycles. The van der Waals surface area contributed by atoms with Gasteiger partial charge in [0.15, 0.2) is 11.6 Å². The predicted molar refractivity (Wildman–Crippen MR) is 80.3 cm³/mol. The first kappa shape index (κ1) is 15.6. The molecule has 0 radical (unpaired) electrons. The van der Waals surface area contributed by atoms with Crippen LogP contribution in [-0.2, 0) is 0 Å². The van der Waals surface area contributed by atoms with E-state index in [2.05, 4.69) is 9.97 Å². The zero-order valence-electron chi connectivity index (χ0n) is 12.6. The zero-order valence-corrected chi connectivity index (χ0v) is 12.6. The number of rotatable bonds is 4. The summed E-state index contributed by atoms with van der Waals surface area (Å²) in [5.41, 5.74) is 0.594. The highest BCUT2D eigenvalue weighted by molar-refractivity contribution is 5.46.